The quantitative estimate of drug-likeness (QED) is 0.752. The number of benzene rings is 2. The molecule has 0 saturated heterocycles. The predicted molar refractivity (Wildman–Crippen MR) is 97.2 cm³/mol. The highest BCUT2D eigenvalue weighted by Crippen LogP contribution is 2.23. The summed E-state index contributed by atoms with van der Waals surface area (Å²) in [5.41, 5.74) is 1.81. The van der Waals surface area contributed by atoms with Crippen molar-refractivity contribution in [3.63, 3.8) is 0 Å². The Balaban J connectivity index is 1.93. The summed E-state index contributed by atoms with van der Waals surface area (Å²) in [5, 5.41) is 0.629. The molecule has 0 aliphatic carbocycles. The highest BCUT2D eigenvalue weighted by Gasteiger charge is 2.14. The summed E-state index contributed by atoms with van der Waals surface area (Å²) in [6.45, 7) is 1.24. The molecular formula is C19H22ClFN2O2. The number of nitrogens with zero attached hydrogens (tertiary/aromatic N) is 2. The molecule has 0 spiro atoms. The number of hydrogen-bond acceptors (Lipinski definition) is 3. The summed E-state index contributed by atoms with van der Waals surface area (Å²) >= 11 is 6.04. The van der Waals surface area contributed by atoms with Gasteiger partial charge in [0, 0.05) is 30.7 Å². The Morgan fingerprint density at radius 2 is 1.80 bits per heavy atom. The van der Waals surface area contributed by atoms with Crippen LogP contribution < -0.4 is 4.74 Å². The molecule has 0 saturated carbocycles. The Kier molecular flexibility index (Phi) is 6.79. The van der Waals surface area contributed by atoms with E-state index in [9.17, 15) is 9.18 Å². The molecular weight excluding hydrogens is 343 g/mol. The molecule has 4 nitrogen and oxygen atoms in total. The minimum atomic E-state index is -0.284. The Labute approximate surface area is 152 Å². The van der Waals surface area contributed by atoms with Gasteiger partial charge in [0.15, 0.2) is 0 Å². The zero-order chi connectivity index (χ0) is 18.4. The van der Waals surface area contributed by atoms with Crippen molar-refractivity contribution in [3.05, 3.63) is 64.4 Å². The van der Waals surface area contributed by atoms with Crippen molar-refractivity contribution in [1.29, 1.82) is 0 Å². The number of hydrogen-bond donors (Lipinski definition) is 0. The second kappa shape index (κ2) is 8.83. The smallest absolute Gasteiger partial charge is 0.236 e. The van der Waals surface area contributed by atoms with Crippen LogP contribution in [0.2, 0.25) is 5.02 Å². The van der Waals surface area contributed by atoms with Crippen LogP contribution in [0.1, 0.15) is 11.1 Å². The van der Waals surface area contributed by atoms with Gasteiger partial charge in [0.25, 0.3) is 0 Å². The van der Waals surface area contributed by atoms with E-state index in [0.717, 1.165) is 16.9 Å². The Bertz CT molecular complexity index is 722. The van der Waals surface area contributed by atoms with Crippen LogP contribution in [0.3, 0.4) is 0 Å². The molecule has 0 bridgehead atoms. The van der Waals surface area contributed by atoms with E-state index in [1.165, 1.54) is 12.1 Å². The largest absolute Gasteiger partial charge is 0.496 e. The van der Waals surface area contributed by atoms with Gasteiger partial charge in [-0.1, -0.05) is 23.7 Å². The molecule has 1 amide bonds. The third-order valence-corrected chi connectivity index (χ3v) is 4.08. The highest BCUT2D eigenvalue weighted by molar-refractivity contribution is 6.30. The van der Waals surface area contributed by atoms with Gasteiger partial charge in [0.05, 0.1) is 13.7 Å². The molecule has 134 valence electrons. The molecule has 0 N–H and O–H groups in total. The fourth-order valence-electron chi connectivity index (χ4n) is 2.52. The van der Waals surface area contributed by atoms with Crippen LogP contribution in [-0.2, 0) is 17.9 Å². The minimum Gasteiger partial charge on any atom is -0.496 e. The molecule has 0 heterocycles. The van der Waals surface area contributed by atoms with E-state index in [-0.39, 0.29) is 18.3 Å². The maximum absolute atomic E-state index is 12.9. The first kappa shape index (κ1) is 19.2. The number of methoxy groups -OCH3 is 1. The minimum absolute atomic E-state index is 0.0205. The maximum atomic E-state index is 12.9. The fourth-order valence-corrected chi connectivity index (χ4v) is 2.72. The van der Waals surface area contributed by atoms with Crippen LogP contribution in [0.5, 0.6) is 5.75 Å². The molecule has 0 unspecified atom stereocenters. The first-order chi connectivity index (χ1) is 11.9. The van der Waals surface area contributed by atoms with Gasteiger partial charge in [-0.25, -0.2) is 4.39 Å². The Hall–Kier alpha value is -2.11. The fraction of sp³-hybridized carbons (Fsp3) is 0.316. The van der Waals surface area contributed by atoms with Gasteiger partial charge in [-0.05, 0) is 42.9 Å². The summed E-state index contributed by atoms with van der Waals surface area (Å²) in [5.74, 6) is 0.434. The van der Waals surface area contributed by atoms with Gasteiger partial charge in [0.1, 0.15) is 11.6 Å². The molecule has 0 fully saturated rings. The van der Waals surface area contributed by atoms with E-state index in [1.54, 1.807) is 37.3 Å². The number of halogens is 2. The van der Waals surface area contributed by atoms with E-state index in [4.69, 9.17) is 16.3 Å². The molecule has 6 heteroatoms. The van der Waals surface area contributed by atoms with Crippen molar-refractivity contribution in [2.24, 2.45) is 0 Å². The first-order valence-corrected chi connectivity index (χ1v) is 8.26. The lowest BCUT2D eigenvalue weighted by Crippen LogP contribution is -2.36. The third-order valence-electron chi connectivity index (χ3n) is 3.85. The van der Waals surface area contributed by atoms with Crippen molar-refractivity contribution in [3.8, 4) is 5.75 Å². The average molecular weight is 365 g/mol. The van der Waals surface area contributed by atoms with E-state index >= 15 is 0 Å². The van der Waals surface area contributed by atoms with Gasteiger partial charge in [0.2, 0.25) is 5.91 Å². The van der Waals surface area contributed by atoms with Crippen molar-refractivity contribution < 1.29 is 13.9 Å². The molecule has 2 aromatic rings. The molecule has 0 atom stereocenters. The monoisotopic (exact) mass is 364 g/mol. The van der Waals surface area contributed by atoms with Crippen LogP contribution >= 0.6 is 11.6 Å². The molecule has 0 aliphatic rings. The third kappa shape index (κ3) is 5.73. The van der Waals surface area contributed by atoms with Gasteiger partial charge >= 0.3 is 0 Å². The normalized spacial score (nSPS) is 10.8. The number of carbonyl (C=O) groups excluding carboxylic acids is 1. The van der Waals surface area contributed by atoms with Crippen LogP contribution in [0, 0.1) is 5.82 Å². The van der Waals surface area contributed by atoms with Crippen molar-refractivity contribution >= 4 is 17.5 Å². The van der Waals surface area contributed by atoms with Crippen LogP contribution in [-0.4, -0.2) is 43.5 Å². The summed E-state index contributed by atoms with van der Waals surface area (Å²) < 4.78 is 18.3. The zero-order valence-corrected chi connectivity index (χ0v) is 15.4. The first-order valence-electron chi connectivity index (χ1n) is 7.88. The molecule has 0 radical (unpaired) electrons. The van der Waals surface area contributed by atoms with Crippen molar-refractivity contribution in [2.45, 2.75) is 13.1 Å². The van der Waals surface area contributed by atoms with Crippen molar-refractivity contribution in [2.75, 3.05) is 27.7 Å². The lowest BCUT2D eigenvalue weighted by molar-refractivity contribution is -0.131. The lowest BCUT2D eigenvalue weighted by Gasteiger charge is -2.22. The lowest BCUT2D eigenvalue weighted by atomic mass is 10.2. The molecule has 2 rings (SSSR count). The van der Waals surface area contributed by atoms with E-state index in [0.29, 0.717) is 18.1 Å². The van der Waals surface area contributed by atoms with Gasteiger partial charge in [-0.2, -0.15) is 0 Å². The van der Waals surface area contributed by atoms with Crippen molar-refractivity contribution in [1.82, 2.24) is 9.80 Å². The summed E-state index contributed by atoms with van der Waals surface area (Å²) in [7, 11) is 5.21. The van der Waals surface area contributed by atoms with E-state index in [2.05, 4.69) is 0 Å². The number of carbonyl (C=O) groups is 1. The molecule has 0 aliphatic heterocycles. The average Bonchev–Trinajstić information content (AvgIpc) is 2.57. The van der Waals surface area contributed by atoms with Crippen LogP contribution in [0.15, 0.2) is 42.5 Å². The summed E-state index contributed by atoms with van der Waals surface area (Å²) in [6, 6.07) is 11.6. The number of ether oxygens (including phenoxy) is 1. The van der Waals surface area contributed by atoms with Gasteiger partial charge < -0.3 is 9.64 Å². The molecule has 2 aromatic carbocycles. The molecule has 0 aromatic heterocycles. The highest BCUT2D eigenvalue weighted by atomic mass is 35.5. The molecule has 25 heavy (non-hydrogen) atoms. The second-order valence-corrected chi connectivity index (χ2v) is 6.44. The maximum Gasteiger partial charge on any atom is 0.236 e. The Morgan fingerprint density at radius 1 is 1.12 bits per heavy atom. The van der Waals surface area contributed by atoms with Gasteiger partial charge in [-0.3, -0.25) is 9.69 Å². The van der Waals surface area contributed by atoms with Gasteiger partial charge in [-0.15, -0.1) is 0 Å². The Morgan fingerprint density at radius 3 is 2.44 bits per heavy atom. The van der Waals surface area contributed by atoms with E-state index < -0.39 is 0 Å². The summed E-state index contributed by atoms with van der Waals surface area (Å²) in [6.07, 6.45) is 0. The number of rotatable bonds is 7. The standard InChI is InChI=1S/C19H22ClFN2O2/c1-22(12-15-10-16(20)6-9-18(15)25-3)13-19(24)23(2)11-14-4-7-17(21)8-5-14/h4-10H,11-13H2,1-3H3. The van der Waals surface area contributed by atoms with Crippen LogP contribution in [0.4, 0.5) is 4.39 Å². The number of likely N-dealkylation sites (N-methyl/N-ethyl adjacent to an activating group) is 2. The predicted octanol–water partition coefficient (Wildman–Crippen LogP) is 3.58. The number of amides is 1. The summed E-state index contributed by atoms with van der Waals surface area (Å²) in [4.78, 5) is 15.9. The SMILES string of the molecule is COc1ccc(Cl)cc1CN(C)CC(=O)N(C)Cc1ccc(F)cc1. The van der Waals surface area contributed by atoms with Crippen LogP contribution in [0.25, 0.3) is 0 Å². The zero-order valence-electron chi connectivity index (χ0n) is 14.6. The second-order valence-electron chi connectivity index (χ2n) is 6.00. The van der Waals surface area contributed by atoms with E-state index in [1.807, 2.05) is 24.1 Å². The topological polar surface area (TPSA) is 32.8 Å².